The number of nitrogens with zero attached hydrogens (tertiary/aromatic N) is 1. The number of hydrogen-bond donors (Lipinski definition) is 1. The normalized spacial score (nSPS) is 29.6. The van der Waals surface area contributed by atoms with Crippen LogP contribution in [0, 0.1) is 11.8 Å². The number of benzene rings is 1. The third-order valence-corrected chi connectivity index (χ3v) is 5.00. The number of rotatable bonds is 2. The number of carbonyl (C=O) groups excluding carboxylic acids is 1. The maximum Gasteiger partial charge on any atom is 0.254 e. The Hall–Kier alpha value is -1.35. The fourth-order valence-electron chi connectivity index (χ4n) is 3.91. The topological polar surface area (TPSA) is 32.3 Å². The van der Waals surface area contributed by atoms with E-state index < -0.39 is 0 Å². The number of hydrogen-bond acceptors (Lipinski definition) is 2. The molecule has 3 heteroatoms. The molecule has 0 radical (unpaired) electrons. The Kier molecular flexibility index (Phi) is 4.06. The van der Waals surface area contributed by atoms with Crippen LogP contribution in [0.3, 0.4) is 0 Å². The maximum atomic E-state index is 12.6. The monoisotopic (exact) mass is 272 g/mol. The Bertz CT molecular complexity index is 457. The first-order valence-electron chi connectivity index (χ1n) is 7.83. The van der Waals surface area contributed by atoms with Gasteiger partial charge in [-0.25, -0.2) is 0 Å². The highest BCUT2D eigenvalue weighted by Gasteiger charge is 2.38. The minimum atomic E-state index is 0.134. The molecule has 0 spiro atoms. The van der Waals surface area contributed by atoms with Gasteiger partial charge in [-0.3, -0.25) is 10.1 Å². The van der Waals surface area contributed by atoms with Crippen molar-refractivity contribution in [2.45, 2.75) is 38.3 Å². The van der Waals surface area contributed by atoms with Gasteiger partial charge in [-0.15, -0.1) is 0 Å². The van der Waals surface area contributed by atoms with Crippen LogP contribution < -0.4 is 5.32 Å². The molecular formula is C17H24N2O. The first kappa shape index (κ1) is 13.6. The summed E-state index contributed by atoms with van der Waals surface area (Å²) in [5, 5.41) is 3.57. The summed E-state index contributed by atoms with van der Waals surface area (Å²) in [4.78, 5) is 14.5. The first-order chi connectivity index (χ1) is 9.77. The molecule has 1 amide bonds. The Balaban J connectivity index is 1.75. The third-order valence-electron chi connectivity index (χ3n) is 5.00. The van der Waals surface area contributed by atoms with Gasteiger partial charge in [0.25, 0.3) is 5.91 Å². The molecule has 1 aliphatic carbocycles. The van der Waals surface area contributed by atoms with Gasteiger partial charge in [0.1, 0.15) is 0 Å². The van der Waals surface area contributed by atoms with Gasteiger partial charge in [-0.05, 0) is 43.4 Å². The number of piperidine rings is 1. The Morgan fingerprint density at radius 1 is 1.15 bits per heavy atom. The number of nitrogens with one attached hydrogen (secondary N) is 1. The lowest BCUT2D eigenvalue weighted by molar-refractivity contribution is 0.0326. The molecule has 1 heterocycles. The molecule has 1 aliphatic heterocycles. The average Bonchev–Trinajstić information content (AvgIpc) is 2.54. The first-order valence-corrected chi connectivity index (χ1v) is 7.83. The smallest absolute Gasteiger partial charge is 0.254 e. The zero-order valence-electron chi connectivity index (χ0n) is 12.2. The predicted octanol–water partition coefficient (Wildman–Crippen LogP) is 2.88. The van der Waals surface area contributed by atoms with Crippen molar-refractivity contribution in [2.75, 3.05) is 13.6 Å². The molecule has 1 aromatic rings. The van der Waals surface area contributed by atoms with Gasteiger partial charge in [0.05, 0.1) is 6.17 Å². The van der Waals surface area contributed by atoms with Gasteiger partial charge >= 0.3 is 0 Å². The Morgan fingerprint density at radius 2 is 1.90 bits per heavy atom. The molecule has 0 bridgehead atoms. The lowest BCUT2D eigenvalue weighted by Gasteiger charge is -2.45. The second kappa shape index (κ2) is 5.96. The van der Waals surface area contributed by atoms with Gasteiger partial charge in [0.15, 0.2) is 0 Å². The second-order valence-corrected chi connectivity index (χ2v) is 6.18. The minimum Gasteiger partial charge on any atom is -0.326 e. The highest BCUT2D eigenvalue weighted by molar-refractivity contribution is 5.94. The average molecular weight is 272 g/mol. The summed E-state index contributed by atoms with van der Waals surface area (Å²) in [6.07, 6.45) is 6.76. The maximum absolute atomic E-state index is 12.6. The van der Waals surface area contributed by atoms with Crippen molar-refractivity contribution in [1.82, 2.24) is 10.2 Å². The number of carbonyl (C=O) groups is 1. The molecule has 0 aromatic heterocycles. The van der Waals surface area contributed by atoms with E-state index in [9.17, 15) is 4.79 Å². The third kappa shape index (κ3) is 2.59. The molecule has 2 aliphatic rings. The molecule has 1 N–H and O–H groups in total. The van der Waals surface area contributed by atoms with E-state index in [4.69, 9.17) is 0 Å². The fraction of sp³-hybridized carbons (Fsp3) is 0.588. The van der Waals surface area contributed by atoms with Gasteiger partial charge < -0.3 is 4.90 Å². The molecule has 108 valence electrons. The summed E-state index contributed by atoms with van der Waals surface area (Å²) in [7, 11) is 1.95. The van der Waals surface area contributed by atoms with E-state index >= 15 is 0 Å². The largest absolute Gasteiger partial charge is 0.326 e. The quantitative estimate of drug-likeness (QED) is 0.898. The van der Waals surface area contributed by atoms with Crippen LogP contribution in [-0.4, -0.2) is 30.6 Å². The van der Waals surface area contributed by atoms with Crippen molar-refractivity contribution >= 4 is 5.91 Å². The highest BCUT2D eigenvalue weighted by atomic mass is 16.2. The summed E-state index contributed by atoms with van der Waals surface area (Å²) in [5.74, 6) is 1.57. The molecule has 1 saturated carbocycles. The summed E-state index contributed by atoms with van der Waals surface area (Å²) >= 11 is 0. The zero-order valence-corrected chi connectivity index (χ0v) is 12.2. The van der Waals surface area contributed by atoms with E-state index in [2.05, 4.69) is 5.32 Å². The summed E-state index contributed by atoms with van der Waals surface area (Å²) in [6.45, 7) is 1.04. The molecule has 3 rings (SSSR count). The Morgan fingerprint density at radius 3 is 2.70 bits per heavy atom. The van der Waals surface area contributed by atoms with Crippen LogP contribution in [0.1, 0.15) is 42.5 Å². The summed E-state index contributed by atoms with van der Waals surface area (Å²) < 4.78 is 0. The number of fused-ring (bicyclic) bond motifs is 1. The van der Waals surface area contributed by atoms with Crippen molar-refractivity contribution in [3.05, 3.63) is 35.9 Å². The van der Waals surface area contributed by atoms with E-state index in [1.165, 1.54) is 32.1 Å². The van der Waals surface area contributed by atoms with E-state index in [0.29, 0.717) is 5.92 Å². The highest BCUT2D eigenvalue weighted by Crippen LogP contribution is 2.37. The van der Waals surface area contributed by atoms with Crippen LogP contribution >= 0.6 is 0 Å². The van der Waals surface area contributed by atoms with Crippen LogP contribution in [0.25, 0.3) is 0 Å². The van der Waals surface area contributed by atoms with Crippen LogP contribution in [0.5, 0.6) is 0 Å². The molecule has 2 fully saturated rings. The Labute approximate surface area is 121 Å². The van der Waals surface area contributed by atoms with Crippen molar-refractivity contribution in [3.63, 3.8) is 0 Å². The van der Waals surface area contributed by atoms with Gasteiger partial charge in [-0.1, -0.05) is 37.5 Å². The second-order valence-electron chi connectivity index (χ2n) is 6.18. The molecular weight excluding hydrogens is 248 g/mol. The van der Waals surface area contributed by atoms with E-state index in [1.54, 1.807) is 0 Å². The van der Waals surface area contributed by atoms with Crippen molar-refractivity contribution in [1.29, 1.82) is 0 Å². The molecule has 1 saturated heterocycles. The van der Waals surface area contributed by atoms with E-state index in [0.717, 1.165) is 18.0 Å². The van der Waals surface area contributed by atoms with Gasteiger partial charge in [-0.2, -0.15) is 0 Å². The minimum absolute atomic E-state index is 0.134. The lowest BCUT2D eigenvalue weighted by atomic mass is 9.73. The van der Waals surface area contributed by atoms with Crippen molar-refractivity contribution in [2.24, 2.45) is 11.8 Å². The van der Waals surface area contributed by atoms with E-state index in [-0.39, 0.29) is 12.1 Å². The summed E-state index contributed by atoms with van der Waals surface area (Å²) in [5.41, 5.74) is 0.787. The zero-order chi connectivity index (χ0) is 13.9. The van der Waals surface area contributed by atoms with Crippen LogP contribution in [0.2, 0.25) is 0 Å². The SMILES string of the molecule is CN(C(=O)c1ccccc1)C1NCCC2CCCCC21. The predicted molar refractivity (Wildman–Crippen MR) is 80.4 cm³/mol. The molecule has 3 unspecified atom stereocenters. The van der Waals surface area contributed by atoms with Crippen LogP contribution in [0.15, 0.2) is 30.3 Å². The van der Waals surface area contributed by atoms with Gasteiger partial charge in [0, 0.05) is 12.6 Å². The summed E-state index contributed by atoms with van der Waals surface area (Å²) in [6, 6.07) is 9.62. The van der Waals surface area contributed by atoms with Crippen LogP contribution in [-0.2, 0) is 0 Å². The van der Waals surface area contributed by atoms with E-state index in [1.807, 2.05) is 42.3 Å². The molecule has 3 nitrogen and oxygen atoms in total. The standard InChI is InChI=1S/C17H24N2O/c1-19(17(20)14-8-3-2-4-9-14)16-15-10-6-5-7-13(15)11-12-18-16/h2-4,8-9,13,15-16,18H,5-7,10-12H2,1H3. The fourth-order valence-corrected chi connectivity index (χ4v) is 3.91. The van der Waals surface area contributed by atoms with Crippen LogP contribution in [0.4, 0.5) is 0 Å². The number of amides is 1. The van der Waals surface area contributed by atoms with Gasteiger partial charge in [0.2, 0.25) is 0 Å². The molecule has 3 atom stereocenters. The van der Waals surface area contributed by atoms with Crippen molar-refractivity contribution in [3.8, 4) is 0 Å². The lowest BCUT2D eigenvalue weighted by Crippen LogP contribution is -2.57. The van der Waals surface area contributed by atoms with Crippen molar-refractivity contribution < 1.29 is 4.79 Å². The molecule has 1 aromatic carbocycles. The molecule has 20 heavy (non-hydrogen) atoms.